The fourth-order valence-electron chi connectivity index (χ4n) is 2.63. The molecule has 1 fully saturated rings. The van der Waals surface area contributed by atoms with Crippen LogP contribution in [0.1, 0.15) is 36.3 Å². The van der Waals surface area contributed by atoms with E-state index in [9.17, 15) is 4.79 Å². The Morgan fingerprint density at radius 2 is 2.29 bits per heavy atom. The number of ketones is 1. The van der Waals surface area contributed by atoms with Gasteiger partial charge in [-0.3, -0.25) is 4.79 Å². The molecule has 0 unspecified atom stereocenters. The number of aromatic nitrogens is 1. The lowest BCUT2D eigenvalue weighted by Gasteiger charge is -2.06. The topological polar surface area (TPSA) is 56.6 Å². The van der Waals surface area contributed by atoms with Gasteiger partial charge < -0.3 is 4.98 Å². The molecule has 1 atom stereocenters. The highest BCUT2D eigenvalue weighted by molar-refractivity contribution is 5.88. The van der Waals surface area contributed by atoms with E-state index in [4.69, 9.17) is 5.26 Å². The summed E-state index contributed by atoms with van der Waals surface area (Å²) in [6, 6.07) is 7.79. The van der Waals surface area contributed by atoms with Gasteiger partial charge in [0.05, 0.1) is 11.6 Å². The van der Waals surface area contributed by atoms with E-state index in [2.05, 4.69) is 11.1 Å². The Kier molecular flexibility index (Phi) is 2.22. The number of hydrogen-bond acceptors (Lipinski definition) is 2. The van der Waals surface area contributed by atoms with Gasteiger partial charge in [-0.05, 0) is 36.1 Å². The van der Waals surface area contributed by atoms with Crippen LogP contribution < -0.4 is 0 Å². The van der Waals surface area contributed by atoms with Crippen molar-refractivity contribution in [3.63, 3.8) is 0 Å². The van der Waals surface area contributed by atoms with E-state index in [-0.39, 0.29) is 0 Å². The number of nitriles is 1. The van der Waals surface area contributed by atoms with Crippen molar-refractivity contribution in [2.24, 2.45) is 0 Å². The third kappa shape index (κ3) is 1.62. The van der Waals surface area contributed by atoms with Gasteiger partial charge in [0.2, 0.25) is 0 Å². The van der Waals surface area contributed by atoms with Crippen molar-refractivity contribution in [3.05, 3.63) is 35.5 Å². The largest absolute Gasteiger partial charge is 0.361 e. The Labute approximate surface area is 99.1 Å². The predicted octanol–water partition coefficient (Wildman–Crippen LogP) is 2.88. The van der Waals surface area contributed by atoms with Crippen molar-refractivity contribution in [1.82, 2.24) is 4.98 Å². The Morgan fingerprint density at radius 1 is 1.41 bits per heavy atom. The zero-order chi connectivity index (χ0) is 11.8. The minimum Gasteiger partial charge on any atom is -0.361 e. The molecule has 3 rings (SSSR count). The number of rotatable bonds is 1. The Bertz CT molecular complexity index is 633. The van der Waals surface area contributed by atoms with Gasteiger partial charge in [0, 0.05) is 29.9 Å². The lowest BCUT2D eigenvalue weighted by Crippen LogP contribution is -1.93. The molecule has 0 radical (unpaired) electrons. The third-order valence-corrected chi connectivity index (χ3v) is 3.53. The van der Waals surface area contributed by atoms with Gasteiger partial charge in [-0.2, -0.15) is 5.26 Å². The fourth-order valence-corrected chi connectivity index (χ4v) is 2.63. The van der Waals surface area contributed by atoms with Crippen molar-refractivity contribution in [3.8, 4) is 6.07 Å². The Hall–Kier alpha value is -2.08. The van der Waals surface area contributed by atoms with Crippen LogP contribution in [-0.2, 0) is 4.79 Å². The lowest BCUT2D eigenvalue weighted by atomic mass is 9.96. The predicted molar refractivity (Wildman–Crippen MR) is 64.6 cm³/mol. The van der Waals surface area contributed by atoms with Crippen LogP contribution in [0.2, 0.25) is 0 Å². The maximum atomic E-state index is 11.3. The van der Waals surface area contributed by atoms with E-state index < -0.39 is 0 Å². The second-order valence-corrected chi connectivity index (χ2v) is 4.59. The highest BCUT2D eigenvalue weighted by Crippen LogP contribution is 2.36. The SMILES string of the molecule is N#Cc1ccc2[nH]cc([C@@H]3CCC(=O)C3)c2c1. The molecule has 1 aliphatic carbocycles. The molecule has 0 bridgehead atoms. The van der Waals surface area contributed by atoms with Crippen LogP contribution in [0.15, 0.2) is 24.4 Å². The number of fused-ring (bicyclic) bond motifs is 1. The normalized spacial score (nSPS) is 19.7. The number of carbonyl (C=O) groups is 1. The number of H-pyrrole nitrogens is 1. The molecule has 0 amide bonds. The molecule has 1 aliphatic rings. The molecular weight excluding hydrogens is 212 g/mol. The first kappa shape index (κ1) is 10.1. The standard InChI is InChI=1S/C14H12N2O/c15-7-9-1-4-14-12(5-9)13(8-16-14)10-2-3-11(17)6-10/h1,4-5,8,10,16H,2-3,6H2/t10-/m1/s1. The molecule has 3 nitrogen and oxygen atoms in total. The molecule has 1 aromatic heterocycles. The average Bonchev–Trinajstić information content (AvgIpc) is 2.93. The van der Waals surface area contributed by atoms with Crippen molar-refractivity contribution in [2.75, 3.05) is 0 Å². The molecule has 1 heterocycles. The molecule has 1 saturated carbocycles. The number of nitrogens with zero attached hydrogens (tertiary/aromatic N) is 1. The van der Waals surface area contributed by atoms with E-state index in [1.807, 2.05) is 24.4 Å². The molecule has 2 aromatic rings. The van der Waals surface area contributed by atoms with Crippen LogP contribution in [-0.4, -0.2) is 10.8 Å². The Balaban J connectivity index is 2.10. The number of hydrogen-bond donors (Lipinski definition) is 1. The summed E-state index contributed by atoms with van der Waals surface area (Å²) in [6.07, 6.45) is 4.25. The molecule has 0 aliphatic heterocycles. The number of benzene rings is 1. The molecule has 0 saturated heterocycles. The number of carbonyl (C=O) groups excluding carboxylic acids is 1. The van der Waals surface area contributed by atoms with E-state index >= 15 is 0 Å². The number of Topliss-reactive ketones (excluding diaryl/α,β-unsaturated/α-hetero) is 1. The summed E-state index contributed by atoms with van der Waals surface area (Å²) < 4.78 is 0. The van der Waals surface area contributed by atoms with Crippen LogP contribution >= 0.6 is 0 Å². The molecule has 17 heavy (non-hydrogen) atoms. The monoisotopic (exact) mass is 224 g/mol. The van der Waals surface area contributed by atoms with Crippen LogP contribution in [0.5, 0.6) is 0 Å². The zero-order valence-electron chi connectivity index (χ0n) is 9.36. The molecule has 84 valence electrons. The van der Waals surface area contributed by atoms with Gasteiger partial charge in [0.1, 0.15) is 5.78 Å². The summed E-state index contributed by atoms with van der Waals surface area (Å²) in [5, 5.41) is 10.0. The molecule has 1 aromatic carbocycles. The highest BCUT2D eigenvalue weighted by atomic mass is 16.1. The summed E-state index contributed by atoms with van der Waals surface area (Å²) in [5.41, 5.74) is 2.89. The van der Waals surface area contributed by atoms with Gasteiger partial charge in [0.15, 0.2) is 0 Å². The average molecular weight is 224 g/mol. The summed E-state index contributed by atoms with van der Waals surface area (Å²) in [6.45, 7) is 0. The highest BCUT2D eigenvalue weighted by Gasteiger charge is 2.25. The molecule has 0 spiro atoms. The van der Waals surface area contributed by atoms with E-state index in [1.165, 1.54) is 5.56 Å². The number of nitrogens with one attached hydrogen (secondary N) is 1. The first-order valence-electron chi connectivity index (χ1n) is 5.81. The van der Waals surface area contributed by atoms with Gasteiger partial charge in [0.25, 0.3) is 0 Å². The summed E-state index contributed by atoms with van der Waals surface area (Å²) in [4.78, 5) is 14.6. The molecule has 1 N–H and O–H groups in total. The maximum absolute atomic E-state index is 11.3. The molecule has 3 heteroatoms. The second-order valence-electron chi connectivity index (χ2n) is 4.59. The summed E-state index contributed by atoms with van der Waals surface area (Å²) in [7, 11) is 0. The van der Waals surface area contributed by atoms with Gasteiger partial charge in [-0.25, -0.2) is 0 Å². The lowest BCUT2D eigenvalue weighted by molar-refractivity contribution is -0.117. The first-order chi connectivity index (χ1) is 8.28. The maximum Gasteiger partial charge on any atom is 0.133 e. The minimum absolute atomic E-state index is 0.324. The summed E-state index contributed by atoms with van der Waals surface area (Å²) >= 11 is 0. The quantitative estimate of drug-likeness (QED) is 0.809. The Morgan fingerprint density at radius 3 is 3.00 bits per heavy atom. The van der Waals surface area contributed by atoms with Crippen LogP contribution in [0, 0.1) is 11.3 Å². The third-order valence-electron chi connectivity index (χ3n) is 3.53. The smallest absolute Gasteiger partial charge is 0.133 e. The van der Waals surface area contributed by atoms with Crippen molar-refractivity contribution in [1.29, 1.82) is 5.26 Å². The van der Waals surface area contributed by atoms with Gasteiger partial charge >= 0.3 is 0 Å². The van der Waals surface area contributed by atoms with Crippen LogP contribution in [0.4, 0.5) is 0 Å². The van der Waals surface area contributed by atoms with E-state index in [1.54, 1.807) is 0 Å². The van der Waals surface area contributed by atoms with Crippen molar-refractivity contribution in [2.45, 2.75) is 25.2 Å². The van der Waals surface area contributed by atoms with Crippen molar-refractivity contribution < 1.29 is 4.79 Å². The van der Waals surface area contributed by atoms with Crippen LogP contribution in [0.25, 0.3) is 10.9 Å². The van der Waals surface area contributed by atoms with Crippen molar-refractivity contribution >= 4 is 16.7 Å². The first-order valence-corrected chi connectivity index (χ1v) is 5.81. The van der Waals surface area contributed by atoms with Gasteiger partial charge in [-0.1, -0.05) is 0 Å². The zero-order valence-corrected chi connectivity index (χ0v) is 9.36. The van der Waals surface area contributed by atoms with Crippen LogP contribution in [0.3, 0.4) is 0 Å². The van der Waals surface area contributed by atoms with Gasteiger partial charge in [-0.15, -0.1) is 0 Å². The fraction of sp³-hybridized carbons (Fsp3) is 0.286. The van der Waals surface area contributed by atoms with E-state index in [0.717, 1.165) is 17.3 Å². The number of aromatic amines is 1. The minimum atomic E-state index is 0.324. The molecular formula is C14H12N2O. The van der Waals surface area contributed by atoms with E-state index in [0.29, 0.717) is 30.1 Å². The second kappa shape index (κ2) is 3.74. The summed E-state index contributed by atoms with van der Waals surface area (Å²) in [5.74, 6) is 0.672.